The summed E-state index contributed by atoms with van der Waals surface area (Å²) >= 11 is 1.56. The molecule has 1 N–H and O–H groups in total. The monoisotopic (exact) mass is 420 g/mol. The van der Waals surface area contributed by atoms with Gasteiger partial charge in [0.1, 0.15) is 5.75 Å². The van der Waals surface area contributed by atoms with Gasteiger partial charge in [-0.2, -0.15) is 5.10 Å². The van der Waals surface area contributed by atoms with Crippen LogP contribution in [0.5, 0.6) is 5.75 Å². The van der Waals surface area contributed by atoms with Gasteiger partial charge in [-0.05, 0) is 55.3 Å². The van der Waals surface area contributed by atoms with E-state index in [-0.39, 0.29) is 0 Å². The number of methoxy groups -OCH3 is 1. The summed E-state index contributed by atoms with van der Waals surface area (Å²) in [6.07, 6.45) is 7.12. The number of benzene rings is 2. The number of nitrogens with one attached hydrogen (secondary N) is 1. The summed E-state index contributed by atoms with van der Waals surface area (Å²) in [5.41, 5.74) is 7.50. The highest BCUT2D eigenvalue weighted by Crippen LogP contribution is 2.25. The van der Waals surface area contributed by atoms with E-state index in [2.05, 4.69) is 44.7 Å². The lowest BCUT2D eigenvalue weighted by molar-refractivity contribution is 0.276. The molecule has 30 heavy (non-hydrogen) atoms. The third kappa shape index (κ3) is 5.46. The van der Waals surface area contributed by atoms with Crippen LogP contribution < -0.4 is 10.2 Å². The molecule has 0 spiro atoms. The van der Waals surface area contributed by atoms with E-state index in [0.29, 0.717) is 0 Å². The molecule has 0 bridgehead atoms. The fraction of sp³-hybridized carbons (Fsp3) is 0.333. The van der Waals surface area contributed by atoms with E-state index in [4.69, 9.17) is 4.74 Å². The van der Waals surface area contributed by atoms with Crippen molar-refractivity contribution in [2.45, 2.75) is 32.2 Å². The molecular weight excluding hydrogens is 392 g/mol. The Kier molecular flexibility index (Phi) is 7.11. The van der Waals surface area contributed by atoms with Crippen LogP contribution in [0.25, 0.3) is 11.3 Å². The summed E-state index contributed by atoms with van der Waals surface area (Å²) in [6, 6.07) is 16.4. The summed E-state index contributed by atoms with van der Waals surface area (Å²) in [5.74, 6) is 0.886. The average Bonchev–Trinajstić information content (AvgIpc) is 3.11. The van der Waals surface area contributed by atoms with Gasteiger partial charge in [-0.25, -0.2) is 4.98 Å². The Morgan fingerprint density at radius 3 is 2.67 bits per heavy atom. The molecule has 3 aromatic rings. The van der Waals surface area contributed by atoms with Crippen molar-refractivity contribution >= 4 is 22.7 Å². The Morgan fingerprint density at radius 2 is 1.90 bits per heavy atom. The molecule has 0 radical (unpaired) electrons. The van der Waals surface area contributed by atoms with Crippen molar-refractivity contribution in [3.8, 4) is 17.0 Å². The maximum Gasteiger partial charge on any atom is 0.203 e. The predicted molar refractivity (Wildman–Crippen MR) is 126 cm³/mol. The van der Waals surface area contributed by atoms with E-state index < -0.39 is 0 Å². The second-order valence-electron chi connectivity index (χ2n) is 7.53. The summed E-state index contributed by atoms with van der Waals surface area (Å²) in [4.78, 5) is 7.17. The summed E-state index contributed by atoms with van der Waals surface area (Å²) in [6.45, 7) is 3.24. The van der Waals surface area contributed by atoms with Crippen molar-refractivity contribution in [3.63, 3.8) is 0 Å². The van der Waals surface area contributed by atoms with Crippen molar-refractivity contribution in [2.75, 3.05) is 25.6 Å². The van der Waals surface area contributed by atoms with Crippen molar-refractivity contribution in [1.82, 2.24) is 9.88 Å². The van der Waals surface area contributed by atoms with Gasteiger partial charge in [-0.3, -0.25) is 10.3 Å². The van der Waals surface area contributed by atoms with Crippen LogP contribution in [0.2, 0.25) is 0 Å². The Morgan fingerprint density at radius 1 is 1.10 bits per heavy atom. The van der Waals surface area contributed by atoms with Crippen molar-refractivity contribution in [2.24, 2.45) is 5.10 Å². The number of hydrazone groups is 1. The standard InChI is InChI=1S/C24H28N4OS/c1-29-22-12-11-20(21(15-22)17-28-13-7-2-3-8-14-28)16-25-27-24-26-23(18-30-24)19-9-5-4-6-10-19/h4-6,9-12,15-16,18H,2-3,7-8,13-14,17H2,1H3,(H,26,27). The van der Waals surface area contributed by atoms with E-state index in [1.54, 1.807) is 18.4 Å². The van der Waals surface area contributed by atoms with Crippen LogP contribution in [0, 0.1) is 0 Å². The highest BCUT2D eigenvalue weighted by atomic mass is 32.1. The highest BCUT2D eigenvalue weighted by Gasteiger charge is 2.12. The molecule has 5 nitrogen and oxygen atoms in total. The molecule has 1 saturated heterocycles. The zero-order chi connectivity index (χ0) is 20.6. The first-order valence-corrected chi connectivity index (χ1v) is 11.4. The lowest BCUT2D eigenvalue weighted by Gasteiger charge is -2.21. The minimum atomic E-state index is 0.785. The van der Waals surface area contributed by atoms with Crippen LogP contribution in [0.15, 0.2) is 59.0 Å². The lowest BCUT2D eigenvalue weighted by atomic mass is 10.1. The normalized spacial score (nSPS) is 15.2. The van der Waals surface area contributed by atoms with Gasteiger partial charge in [-0.1, -0.05) is 43.2 Å². The van der Waals surface area contributed by atoms with Crippen LogP contribution >= 0.6 is 11.3 Å². The molecule has 156 valence electrons. The Labute approximate surface area is 182 Å². The van der Waals surface area contributed by atoms with Gasteiger partial charge >= 0.3 is 0 Å². The van der Waals surface area contributed by atoms with Gasteiger partial charge in [0, 0.05) is 17.5 Å². The summed E-state index contributed by atoms with van der Waals surface area (Å²) in [7, 11) is 1.72. The number of rotatable bonds is 7. The van der Waals surface area contributed by atoms with Gasteiger partial charge in [0.25, 0.3) is 0 Å². The maximum absolute atomic E-state index is 5.46. The molecule has 0 amide bonds. The minimum Gasteiger partial charge on any atom is -0.497 e. The molecule has 2 aromatic carbocycles. The molecule has 0 saturated carbocycles. The molecule has 1 aliphatic heterocycles. The second kappa shape index (κ2) is 10.4. The molecule has 1 aromatic heterocycles. The van der Waals surface area contributed by atoms with E-state index in [1.165, 1.54) is 31.2 Å². The Bertz CT molecular complexity index is 962. The third-order valence-electron chi connectivity index (χ3n) is 5.38. The van der Waals surface area contributed by atoms with Gasteiger partial charge < -0.3 is 4.74 Å². The molecule has 0 unspecified atom stereocenters. The zero-order valence-electron chi connectivity index (χ0n) is 17.4. The van der Waals surface area contributed by atoms with E-state index >= 15 is 0 Å². The quantitative estimate of drug-likeness (QED) is 0.397. The SMILES string of the molecule is COc1ccc(C=NNc2nc(-c3ccccc3)cs2)c(CN2CCCCCC2)c1. The predicted octanol–water partition coefficient (Wildman–Crippen LogP) is 5.64. The van der Waals surface area contributed by atoms with E-state index in [0.717, 1.165) is 47.3 Å². The fourth-order valence-corrected chi connectivity index (χ4v) is 4.40. The number of ether oxygens (including phenoxy) is 1. The number of nitrogens with zero attached hydrogens (tertiary/aromatic N) is 3. The van der Waals surface area contributed by atoms with Gasteiger partial charge in [-0.15, -0.1) is 11.3 Å². The summed E-state index contributed by atoms with van der Waals surface area (Å²) in [5, 5.41) is 7.29. The van der Waals surface area contributed by atoms with Crippen LogP contribution in [-0.2, 0) is 6.54 Å². The number of hydrogen-bond donors (Lipinski definition) is 1. The first-order valence-electron chi connectivity index (χ1n) is 10.5. The smallest absolute Gasteiger partial charge is 0.203 e. The molecule has 0 atom stereocenters. The number of likely N-dealkylation sites (tertiary alicyclic amines) is 1. The third-order valence-corrected chi connectivity index (χ3v) is 6.13. The molecule has 6 heteroatoms. The zero-order valence-corrected chi connectivity index (χ0v) is 18.2. The average molecular weight is 421 g/mol. The van der Waals surface area contributed by atoms with Crippen LogP contribution in [-0.4, -0.2) is 36.3 Å². The number of anilines is 1. The van der Waals surface area contributed by atoms with E-state index in [1.807, 2.05) is 35.9 Å². The lowest BCUT2D eigenvalue weighted by Crippen LogP contribution is -2.24. The van der Waals surface area contributed by atoms with Crippen LogP contribution in [0.4, 0.5) is 5.13 Å². The van der Waals surface area contributed by atoms with Gasteiger partial charge in [0.15, 0.2) is 0 Å². The molecule has 0 aliphatic carbocycles. The number of hydrogen-bond acceptors (Lipinski definition) is 6. The van der Waals surface area contributed by atoms with Crippen LogP contribution in [0.1, 0.15) is 36.8 Å². The first kappa shape index (κ1) is 20.6. The summed E-state index contributed by atoms with van der Waals surface area (Å²) < 4.78 is 5.46. The molecule has 4 rings (SSSR count). The number of thiazole rings is 1. The Balaban J connectivity index is 1.45. The van der Waals surface area contributed by atoms with Crippen molar-refractivity contribution < 1.29 is 4.74 Å². The van der Waals surface area contributed by atoms with Gasteiger partial charge in [0.05, 0.1) is 19.0 Å². The highest BCUT2D eigenvalue weighted by molar-refractivity contribution is 7.14. The second-order valence-corrected chi connectivity index (χ2v) is 8.39. The molecular formula is C24H28N4OS. The Hall–Kier alpha value is -2.70. The molecule has 1 aliphatic rings. The molecule has 1 fully saturated rings. The topological polar surface area (TPSA) is 49.8 Å². The van der Waals surface area contributed by atoms with Crippen molar-refractivity contribution in [1.29, 1.82) is 0 Å². The number of aromatic nitrogens is 1. The van der Waals surface area contributed by atoms with Crippen LogP contribution in [0.3, 0.4) is 0 Å². The van der Waals surface area contributed by atoms with Crippen molar-refractivity contribution in [3.05, 3.63) is 65.0 Å². The fourth-order valence-electron chi connectivity index (χ4n) is 3.73. The maximum atomic E-state index is 5.46. The first-order chi connectivity index (χ1) is 14.8. The minimum absolute atomic E-state index is 0.785. The molecule has 2 heterocycles. The van der Waals surface area contributed by atoms with E-state index in [9.17, 15) is 0 Å². The van der Waals surface area contributed by atoms with Gasteiger partial charge in [0.2, 0.25) is 5.13 Å². The largest absolute Gasteiger partial charge is 0.497 e.